The Morgan fingerprint density at radius 1 is 1.00 bits per heavy atom. The molecule has 2 heterocycles. The zero-order chi connectivity index (χ0) is 15.3. The van der Waals surface area contributed by atoms with E-state index in [1.807, 2.05) is 42.5 Å². The number of halogens is 1. The second kappa shape index (κ2) is 4.71. The Bertz CT molecular complexity index is 887. The first-order valence-corrected chi connectivity index (χ1v) is 7.43. The number of allylic oxidation sites excluding steroid dienone is 1. The van der Waals surface area contributed by atoms with Crippen LogP contribution in [0.3, 0.4) is 0 Å². The second-order valence-electron chi connectivity index (χ2n) is 5.01. The van der Waals surface area contributed by atoms with Gasteiger partial charge >= 0.3 is 0 Å². The first kappa shape index (κ1) is 13.1. The lowest BCUT2D eigenvalue weighted by atomic mass is 10.0. The number of benzene rings is 2. The second-order valence-corrected chi connectivity index (χ2v) is 5.93. The average molecular weight is 356 g/mol. The van der Waals surface area contributed by atoms with Crippen LogP contribution in [0.25, 0.3) is 5.57 Å². The van der Waals surface area contributed by atoms with Gasteiger partial charge in [-0.15, -0.1) is 0 Å². The summed E-state index contributed by atoms with van der Waals surface area (Å²) < 4.78 is 0.872. The van der Waals surface area contributed by atoms with E-state index in [1.54, 1.807) is 0 Å². The highest BCUT2D eigenvalue weighted by molar-refractivity contribution is 9.10. The van der Waals surface area contributed by atoms with Gasteiger partial charge in [-0.05, 0) is 24.3 Å². The SMILES string of the molecule is O=C1Nc2ccccc2C1=C1Nc2ccc(Br)cc2C1=NO. The summed E-state index contributed by atoms with van der Waals surface area (Å²) in [7, 11) is 0. The van der Waals surface area contributed by atoms with Crippen molar-refractivity contribution in [3.05, 3.63) is 63.8 Å². The predicted octanol–water partition coefficient (Wildman–Crippen LogP) is 3.42. The Morgan fingerprint density at radius 3 is 2.59 bits per heavy atom. The number of carbonyl (C=O) groups is 1. The molecule has 2 aromatic rings. The third-order valence-corrected chi connectivity index (χ3v) is 4.25. The van der Waals surface area contributed by atoms with Crippen molar-refractivity contribution in [3.63, 3.8) is 0 Å². The van der Waals surface area contributed by atoms with E-state index in [0.29, 0.717) is 17.0 Å². The van der Waals surface area contributed by atoms with Gasteiger partial charge in [-0.2, -0.15) is 0 Å². The van der Waals surface area contributed by atoms with Crippen molar-refractivity contribution in [2.45, 2.75) is 0 Å². The van der Waals surface area contributed by atoms with Crippen molar-refractivity contribution in [3.8, 4) is 0 Å². The Kier molecular flexibility index (Phi) is 2.80. The summed E-state index contributed by atoms with van der Waals surface area (Å²) in [6.45, 7) is 0. The van der Waals surface area contributed by atoms with Crippen LogP contribution in [0.1, 0.15) is 11.1 Å². The van der Waals surface area contributed by atoms with Gasteiger partial charge in [0.2, 0.25) is 0 Å². The molecular formula is C16H10BrN3O2. The molecule has 0 saturated carbocycles. The fourth-order valence-corrected chi connectivity index (χ4v) is 3.16. The highest BCUT2D eigenvalue weighted by Crippen LogP contribution is 2.39. The van der Waals surface area contributed by atoms with Crippen LogP contribution in [0.4, 0.5) is 11.4 Å². The van der Waals surface area contributed by atoms with Crippen LogP contribution in [-0.4, -0.2) is 16.8 Å². The first-order chi connectivity index (χ1) is 10.7. The van der Waals surface area contributed by atoms with Crippen LogP contribution in [0, 0.1) is 0 Å². The van der Waals surface area contributed by atoms with Gasteiger partial charge < -0.3 is 15.8 Å². The van der Waals surface area contributed by atoms with Crippen LogP contribution < -0.4 is 10.6 Å². The number of rotatable bonds is 0. The minimum Gasteiger partial charge on any atom is -0.410 e. The molecule has 0 atom stereocenters. The van der Waals surface area contributed by atoms with E-state index in [-0.39, 0.29) is 5.91 Å². The number of oxime groups is 1. The topological polar surface area (TPSA) is 73.7 Å². The molecule has 0 bridgehead atoms. The van der Waals surface area contributed by atoms with Crippen LogP contribution in [0.5, 0.6) is 0 Å². The molecule has 0 aromatic heterocycles. The highest BCUT2D eigenvalue weighted by atomic mass is 79.9. The van der Waals surface area contributed by atoms with Gasteiger partial charge in [-0.3, -0.25) is 4.79 Å². The van der Waals surface area contributed by atoms with Crippen LogP contribution >= 0.6 is 15.9 Å². The summed E-state index contributed by atoms with van der Waals surface area (Å²) in [5, 5.41) is 18.8. The molecule has 2 aromatic carbocycles. The lowest BCUT2D eigenvalue weighted by Crippen LogP contribution is -2.12. The average Bonchev–Trinajstić information content (AvgIpc) is 3.02. The summed E-state index contributed by atoms with van der Waals surface area (Å²) in [6.07, 6.45) is 0. The normalized spacial score (nSPS) is 20.6. The monoisotopic (exact) mass is 355 g/mol. The number of nitrogens with zero attached hydrogens (tertiary/aromatic N) is 1. The molecule has 6 heteroatoms. The number of carbonyl (C=O) groups excluding carboxylic acids is 1. The minimum absolute atomic E-state index is 0.211. The Hall–Kier alpha value is -2.60. The van der Waals surface area contributed by atoms with Crippen LogP contribution in [0.15, 0.2) is 57.8 Å². The molecule has 0 aliphatic carbocycles. The zero-order valence-corrected chi connectivity index (χ0v) is 12.8. The summed E-state index contributed by atoms with van der Waals surface area (Å²) >= 11 is 3.40. The molecule has 0 fully saturated rings. The molecule has 2 aliphatic rings. The number of amides is 1. The largest absolute Gasteiger partial charge is 0.410 e. The molecule has 0 unspecified atom stereocenters. The zero-order valence-electron chi connectivity index (χ0n) is 11.2. The summed E-state index contributed by atoms with van der Waals surface area (Å²) in [4.78, 5) is 12.3. The first-order valence-electron chi connectivity index (χ1n) is 6.63. The van der Waals surface area contributed by atoms with Crippen LogP contribution in [0.2, 0.25) is 0 Å². The number of hydrogen-bond acceptors (Lipinski definition) is 4. The van der Waals surface area contributed by atoms with Crippen molar-refractivity contribution in [1.82, 2.24) is 0 Å². The van der Waals surface area contributed by atoms with Gasteiger partial charge in [-0.1, -0.05) is 39.3 Å². The van der Waals surface area contributed by atoms with Crippen molar-refractivity contribution in [1.29, 1.82) is 0 Å². The molecule has 1 amide bonds. The van der Waals surface area contributed by atoms with E-state index in [0.717, 1.165) is 27.0 Å². The molecule has 0 radical (unpaired) electrons. The van der Waals surface area contributed by atoms with Gasteiger partial charge in [0.1, 0.15) is 5.71 Å². The maximum absolute atomic E-state index is 12.3. The fourth-order valence-electron chi connectivity index (χ4n) is 2.80. The number of anilines is 2. The van der Waals surface area contributed by atoms with Gasteiger partial charge in [-0.25, -0.2) is 0 Å². The number of hydrogen-bond donors (Lipinski definition) is 3. The number of para-hydroxylation sites is 1. The molecule has 4 rings (SSSR count). The Balaban J connectivity index is 1.96. The lowest BCUT2D eigenvalue weighted by molar-refractivity contribution is -0.110. The molecule has 108 valence electrons. The van der Waals surface area contributed by atoms with E-state index in [9.17, 15) is 10.0 Å². The van der Waals surface area contributed by atoms with Crippen molar-refractivity contribution < 1.29 is 10.0 Å². The van der Waals surface area contributed by atoms with E-state index in [1.165, 1.54) is 0 Å². The maximum atomic E-state index is 12.3. The third kappa shape index (κ3) is 1.77. The molecule has 2 aliphatic heterocycles. The van der Waals surface area contributed by atoms with E-state index < -0.39 is 0 Å². The third-order valence-electron chi connectivity index (χ3n) is 3.75. The molecule has 0 saturated heterocycles. The maximum Gasteiger partial charge on any atom is 0.258 e. The van der Waals surface area contributed by atoms with E-state index in [2.05, 4.69) is 31.7 Å². The standard InChI is InChI=1S/C16H10BrN3O2/c17-8-5-6-12-10(7-8)14(20-22)15(18-12)13-9-3-1-2-4-11(9)19-16(13)21/h1-7,18,22H,(H,19,21). The quantitative estimate of drug-likeness (QED) is 0.385. The van der Waals surface area contributed by atoms with Crippen molar-refractivity contribution >= 4 is 44.5 Å². The molecule has 3 N–H and O–H groups in total. The van der Waals surface area contributed by atoms with Crippen molar-refractivity contribution in [2.24, 2.45) is 5.16 Å². The summed E-state index contributed by atoms with van der Waals surface area (Å²) in [5.74, 6) is -0.211. The van der Waals surface area contributed by atoms with Crippen LogP contribution in [-0.2, 0) is 4.79 Å². The van der Waals surface area contributed by atoms with Crippen molar-refractivity contribution in [2.75, 3.05) is 10.6 Å². The van der Waals surface area contributed by atoms with Gasteiger partial charge in [0.15, 0.2) is 0 Å². The molecule has 22 heavy (non-hydrogen) atoms. The Labute approximate surface area is 134 Å². The molecule has 0 spiro atoms. The van der Waals surface area contributed by atoms with Gasteiger partial charge in [0.05, 0.1) is 11.3 Å². The minimum atomic E-state index is -0.211. The highest BCUT2D eigenvalue weighted by Gasteiger charge is 2.34. The van der Waals surface area contributed by atoms with Gasteiger partial charge in [0, 0.05) is 27.0 Å². The number of fused-ring (bicyclic) bond motifs is 2. The predicted molar refractivity (Wildman–Crippen MR) is 88.1 cm³/mol. The summed E-state index contributed by atoms with van der Waals surface area (Å²) in [6, 6.07) is 13.0. The van der Waals surface area contributed by atoms with Gasteiger partial charge in [0.25, 0.3) is 5.91 Å². The lowest BCUT2D eigenvalue weighted by Gasteiger charge is -2.04. The fraction of sp³-hybridized carbons (Fsp3) is 0. The summed E-state index contributed by atoms with van der Waals surface area (Å²) in [5.41, 5.74) is 4.45. The van der Waals surface area contributed by atoms with E-state index >= 15 is 0 Å². The Morgan fingerprint density at radius 2 is 1.77 bits per heavy atom. The smallest absolute Gasteiger partial charge is 0.258 e. The number of nitrogens with one attached hydrogen (secondary N) is 2. The molecular weight excluding hydrogens is 346 g/mol. The molecule has 5 nitrogen and oxygen atoms in total. The van der Waals surface area contributed by atoms with E-state index in [4.69, 9.17) is 0 Å².